The van der Waals surface area contributed by atoms with Crippen molar-refractivity contribution in [3.8, 4) is 0 Å². The number of carbonyl (C=O) groups is 5. The summed E-state index contributed by atoms with van der Waals surface area (Å²) in [6, 6.07) is 52.6. The standard InChI is InChI=1S/C14H7Br3ClFO.C14H8Br2ClFO.C14H11BrClFO.C14H9BrClFO.C10H12BrNO2.C8H7BrO.C7H6ClF.C2H6O2S.Na/c15-11-5-7(14(16)17)1-3-9(11)13(20)10-4-2-8(19)6-12(10)18;15-7-8-1-3-10(12(16)5-8)14(19)11-4-2-9(18)6-13(11)17;2*1-8-2-4-10(12(15)6-8)14(18)11-5-3-9(17)7-13(11)16;1-7-4-5-8(9(11)6-7)10(13)12(2)14-3;1-6-2-3-7(5-10)8(9)4-6;1-5-2-3-6(9)4-7(5)8;1-2-5(3)4;/h1-6,14H;1-6H,7H2;2-7,14,18H,1H3;2-7H,1H3;4-6H,1-3H3;2-5H,1H3;2-4H,1H3;2H2,1H3,(H,3,4);/q;;;;;;;;+1/p-1. The summed E-state index contributed by atoms with van der Waals surface area (Å²) in [5.41, 5.74) is 12.1. The minimum absolute atomic E-state index is 0. The summed E-state index contributed by atoms with van der Waals surface area (Å²) in [7, 11) is 3.04. The number of carbonyl (C=O) groups excluding carboxylic acids is 5. The Morgan fingerprint density at radius 1 is 0.465 bits per heavy atom. The molecule has 2 atom stereocenters. The number of amides is 1. The molecule has 0 saturated carbocycles. The molecule has 31 heteroatoms. The summed E-state index contributed by atoms with van der Waals surface area (Å²) in [6.45, 7) is 11.3. The quantitative estimate of drug-likeness (QED) is 0.0213. The maximum Gasteiger partial charge on any atom is 1.00 e. The Labute approximate surface area is 784 Å². The first-order valence-corrected chi connectivity index (χ1v) is 43.3. The number of hydrogen-bond acceptors (Lipinski definition) is 9. The van der Waals surface area contributed by atoms with Crippen molar-refractivity contribution in [2.75, 3.05) is 19.9 Å². The molecular weight excluding hydrogens is 2200 g/mol. The van der Waals surface area contributed by atoms with Crippen molar-refractivity contribution in [3.05, 3.63) is 376 Å². The minimum atomic E-state index is -1.82. The molecule has 0 aliphatic rings. The summed E-state index contributed by atoms with van der Waals surface area (Å²) in [4.78, 5) is 63.8. The van der Waals surface area contributed by atoms with Crippen LogP contribution in [0.4, 0.5) is 22.0 Å². The number of aliphatic hydroxyl groups is 1. The summed E-state index contributed by atoms with van der Waals surface area (Å²) in [6.07, 6.45) is -0.0446. The summed E-state index contributed by atoms with van der Waals surface area (Å²) in [5.74, 6) is -2.76. The molecule has 0 radical (unpaired) electrons. The number of benzene rings is 11. The van der Waals surface area contributed by atoms with Crippen LogP contribution in [0.5, 0.6) is 0 Å². The third kappa shape index (κ3) is 33.9. The summed E-state index contributed by atoms with van der Waals surface area (Å²) >= 11 is 57.6. The van der Waals surface area contributed by atoms with E-state index in [1.165, 1.54) is 78.9 Å². The van der Waals surface area contributed by atoms with Crippen LogP contribution in [0.3, 0.4) is 0 Å². The molecule has 0 bridgehead atoms. The minimum Gasteiger partial charge on any atom is -0.772 e. The van der Waals surface area contributed by atoms with Crippen LogP contribution in [0.15, 0.2) is 227 Å². The van der Waals surface area contributed by atoms with E-state index in [2.05, 4.69) is 143 Å². The van der Waals surface area contributed by atoms with Crippen LogP contribution in [0.1, 0.15) is 135 Å². The summed E-state index contributed by atoms with van der Waals surface area (Å²) in [5, 5.41) is 13.2. The van der Waals surface area contributed by atoms with E-state index in [4.69, 9.17) is 62.8 Å². The number of hydrogen-bond donors (Lipinski definition) is 1. The zero-order chi connectivity index (χ0) is 84.8. The molecule has 114 heavy (non-hydrogen) atoms. The molecule has 0 saturated heterocycles. The zero-order valence-corrected chi connectivity index (χ0v) is 82.3. The first-order valence-electron chi connectivity index (χ1n) is 32.5. The van der Waals surface area contributed by atoms with Crippen molar-refractivity contribution >= 4 is 242 Å². The number of rotatable bonds is 14. The van der Waals surface area contributed by atoms with Crippen LogP contribution in [0.25, 0.3) is 0 Å². The van der Waals surface area contributed by atoms with Crippen LogP contribution in [-0.2, 0) is 21.2 Å². The molecule has 2 unspecified atom stereocenters. The van der Waals surface area contributed by atoms with Gasteiger partial charge in [0.15, 0.2) is 23.6 Å². The molecular formula is C83H65Br9Cl5F5NNaO9S. The Balaban J connectivity index is 0.000000345. The second kappa shape index (κ2) is 52.3. The fourth-order valence-corrected chi connectivity index (χ4v) is 15.0. The van der Waals surface area contributed by atoms with E-state index >= 15 is 0 Å². The van der Waals surface area contributed by atoms with Crippen LogP contribution >= 0.6 is 201 Å². The molecule has 0 fully saturated rings. The van der Waals surface area contributed by atoms with Gasteiger partial charge in [0.2, 0.25) is 0 Å². The summed E-state index contributed by atoms with van der Waals surface area (Å²) < 4.78 is 87.4. The van der Waals surface area contributed by atoms with Crippen molar-refractivity contribution in [2.45, 2.75) is 56.7 Å². The number of nitrogens with zero attached hydrogens (tertiary/aromatic N) is 1. The van der Waals surface area contributed by atoms with Gasteiger partial charge in [0.25, 0.3) is 5.91 Å². The van der Waals surface area contributed by atoms with Crippen LogP contribution < -0.4 is 29.6 Å². The molecule has 596 valence electrons. The number of hydroxylamine groups is 2. The van der Waals surface area contributed by atoms with Crippen molar-refractivity contribution in [3.63, 3.8) is 0 Å². The zero-order valence-electron chi connectivity index (χ0n) is 61.4. The van der Waals surface area contributed by atoms with Gasteiger partial charge in [-0.05, 0) is 235 Å². The van der Waals surface area contributed by atoms with E-state index in [1.54, 1.807) is 50.4 Å². The number of alkyl halides is 3. The molecule has 10 nitrogen and oxygen atoms in total. The van der Waals surface area contributed by atoms with E-state index in [1.807, 2.05) is 113 Å². The molecule has 0 spiro atoms. The number of ketones is 3. The van der Waals surface area contributed by atoms with E-state index < -0.39 is 40.5 Å². The predicted molar refractivity (Wildman–Crippen MR) is 477 cm³/mol. The van der Waals surface area contributed by atoms with Gasteiger partial charge in [-0.3, -0.25) is 33.0 Å². The van der Waals surface area contributed by atoms with Crippen LogP contribution in [0, 0.1) is 63.7 Å². The molecule has 0 aromatic heterocycles. The number of aryl methyl sites for hydroxylation is 5. The monoisotopic (exact) mass is 2250 g/mol. The number of aliphatic hydroxyl groups excluding tert-OH is 1. The second-order valence-corrected chi connectivity index (χ2v) is 35.5. The normalized spacial score (nSPS) is 10.8. The topological polar surface area (TPSA) is 158 Å². The number of aldehydes is 1. The van der Waals surface area contributed by atoms with Gasteiger partial charge in [0.05, 0.1) is 31.5 Å². The number of halogens is 19. The third-order valence-corrected chi connectivity index (χ3v) is 22.9. The average Bonchev–Trinajstić information content (AvgIpc) is 0.827. The van der Waals surface area contributed by atoms with Gasteiger partial charge >= 0.3 is 29.6 Å². The molecule has 11 aromatic carbocycles. The van der Waals surface area contributed by atoms with Gasteiger partial charge in [0.1, 0.15) is 35.2 Å². The van der Waals surface area contributed by atoms with Crippen molar-refractivity contribution in [2.24, 2.45) is 0 Å². The Morgan fingerprint density at radius 3 is 1.14 bits per heavy atom. The van der Waals surface area contributed by atoms with E-state index in [9.17, 15) is 59.8 Å². The second-order valence-electron chi connectivity index (χ2n) is 23.5. The Morgan fingerprint density at radius 2 is 0.798 bits per heavy atom. The Hall–Kier alpha value is -3.98. The maximum atomic E-state index is 13.0. The van der Waals surface area contributed by atoms with Crippen molar-refractivity contribution in [1.29, 1.82) is 0 Å². The molecule has 0 aliphatic heterocycles. The first-order chi connectivity index (χ1) is 53.2. The van der Waals surface area contributed by atoms with Gasteiger partial charge in [-0.1, -0.05) is 264 Å². The van der Waals surface area contributed by atoms with Gasteiger partial charge in [-0.2, -0.15) is 0 Å². The molecule has 1 amide bonds. The molecule has 1 N–H and O–H groups in total. The molecule has 11 aromatic rings. The van der Waals surface area contributed by atoms with E-state index in [0.717, 1.165) is 76.8 Å². The van der Waals surface area contributed by atoms with E-state index in [0.29, 0.717) is 68.3 Å². The van der Waals surface area contributed by atoms with Gasteiger partial charge < -0.3 is 9.66 Å². The van der Waals surface area contributed by atoms with Gasteiger partial charge in [0, 0.05) is 99.5 Å². The Bertz CT molecular complexity index is 5120. The predicted octanol–water partition coefficient (Wildman–Crippen LogP) is 25.7. The molecule has 0 aliphatic carbocycles. The Kier molecular flexibility index (Phi) is 47.8. The SMILES string of the molecule is CCS(=O)[O-].CON(C)C(=O)c1ccc(C)cc1Br.Cc1ccc(C(=O)c2ccc(F)cc2Cl)c(Br)c1.Cc1ccc(C(O)c2ccc(F)cc2Cl)c(Br)c1.Cc1ccc(C=O)c(Br)c1.Cc1ccc(F)cc1Cl.O=C(c1ccc(F)cc1Cl)c1ccc(C(Br)Br)cc1Br.O=C(c1ccc(F)cc1Cl)c1ccc(CBr)cc1Br.[Na+]. The smallest absolute Gasteiger partial charge is 0.772 e. The van der Waals surface area contributed by atoms with Crippen LogP contribution in [-0.4, -0.2) is 68.4 Å². The maximum absolute atomic E-state index is 13.0. The fourth-order valence-electron chi connectivity index (χ4n) is 9.02. The van der Waals surface area contributed by atoms with Crippen LogP contribution in [0.2, 0.25) is 25.1 Å². The van der Waals surface area contributed by atoms with Gasteiger partial charge in [-0.25, -0.2) is 27.0 Å². The first kappa shape index (κ1) is 104. The van der Waals surface area contributed by atoms with Crippen molar-refractivity contribution in [1.82, 2.24) is 5.06 Å². The third-order valence-electron chi connectivity index (χ3n) is 15.1. The van der Waals surface area contributed by atoms with Gasteiger partial charge in [-0.15, -0.1) is 0 Å². The largest absolute Gasteiger partial charge is 1.00 e. The van der Waals surface area contributed by atoms with E-state index in [-0.39, 0.29) is 99.3 Å². The molecule has 11 rings (SSSR count). The van der Waals surface area contributed by atoms with Crippen molar-refractivity contribution < 1.29 is 94.2 Å². The fraction of sp³-hybridized carbons (Fsp3) is 0.145. The molecule has 0 heterocycles. The average molecular weight is 2270 g/mol.